The quantitative estimate of drug-likeness (QED) is 0.631. The molecule has 1 aliphatic carbocycles. The highest BCUT2D eigenvalue weighted by Crippen LogP contribution is 2.34. The van der Waals surface area contributed by atoms with Gasteiger partial charge in [0.2, 0.25) is 0 Å². The van der Waals surface area contributed by atoms with Gasteiger partial charge in [0.05, 0.1) is 13.2 Å². The molecule has 1 saturated heterocycles. The Hall–Kier alpha value is -0.120. The molecule has 3 N–H and O–H groups in total. The van der Waals surface area contributed by atoms with Crippen LogP contribution in [0, 0.1) is 5.92 Å². The Bertz CT molecular complexity index is 168. The van der Waals surface area contributed by atoms with Gasteiger partial charge in [0.25, 0.3) is 0 Å². The van der Waals surface area contributed by atoms with Crippen LogP contribution in [0.5, 0.6) is 0 Å². The van der Waals surface area contributed by atoms with Crippen molar-refractivity contribution in [3.05, 3.63) is 0 Å². The maximum atomic E-state index is 5.86. The first-order chi connectivity index (χ1) is 5.70. The van der Waals surface area contributed by atoms with Crippen LogP contribution in [-0.2, 0) is 4.74 Å². The van der Waals surface area contributed by atoms with Crippen molar-refractivity contribution >= 4 is 0 Å². The lowest BCUT2D eigenvalue weighted by Gasteiger charge is -2.17. The standard InChI is InChI=1S/C9H18N2O/c1-9(2-3-9)11-4-7-5-12-6-8(7)10/h7-8,11H,2-6,10H2,1H3. The lowest BCUT2D eigenvalue weighted by molar-refractivity contribution is 0.183. The topological polar surface area (TPSA) is 47.3 Å². The molecule has 0 radical (unpaired) electrons. The number of nitrogens with two attached hydrogens (primary N) is 1. The number of nitrogens with one attached hydrogen (secondary N) is 1. The van der Waals surface area contributed by atoms with E-state index in [4.69, 9.17) is 10.5 Å². The van der Waals surface area contributed by atoms with E-state index in [-0.39, 0.29) is 6.04 Å². The van der Waals surface area contributed by atoms with E-state index in [1.807, 2.05) is 0 Å². The van der Waals surface area contributed by atoms with Gasteiger partial charge in [-0.15, -0.1) is 0 Å². The second kappa shape index (κ2) is 2.98. The first-order valence-corrected chi connectivity index (χ1v) is 4.78. The van der Waals surface area contributed by atoms with Crippen LogP contribution in [0.25, 0.3) is 0 Å². The monoisotopic (exact) mass is 170 g/mol. The van der Waals surface area contributed by atoms with Crippen LogP contribution in [0.3, 0.4) is 0 Å². The Kier molecular flexibility index (Phi) is 2.10. The van der Waals surface area contributed by atoms with Gasteiger partial charge in [-0.3, -0.25) is 0 Å². The fourth-order valence-electron chi connectivity index (χ4n) is 1.57. The maximum absolute atomic E-state index is 5.86. The lowest BCUT2D eigenvalue weighted by atomic mass is 10.0. The van der Waals surface area contributed by atoms with Gasteiger partial charge in [-0.1, -0.05) is 0 Å². The Morgan fingerprint density at radius 1 is 1.50 bits per heavy atom. The summed E-state index contributed by atoms with van der Waals surface area (Å²) in [5.74, 6) is 0.530. The molecule has 2 atom stereocenters. The highest BCUT2D eigenvalue weighted by atomic mass is 16.5. The first kappa shape index (κ1) is 8.48. The summed E-state index contributed by atoms with van der Waals surface area (Å²) in [6.07, 6.45) is 2.63. The van der Waals surface area contributed by atoms with Crippen molar-refractivity contribution < 1.29 is 4.74 Å². The smallest absolute Gasteiger partial charge is 0.0621 e. The molecule has 1 saturated carbocycles. The third-order valence-electron chi connectivity index (χ3n) is 3.04. The predicted molar refractivity (Wildman–Crippen MR) is 47.9 cm³/mol. The molecule has 70 valence electrons. The average molecular weight is 170 g/mol. The van der Waals surface area contributed by atoms with Crippen molar-refractivity contribution in [1.29, 1.82) is 0 Å². The second-order valence-electron chi connectivity index (χ2n) is 4.40. The van der Waals surface area contributed by atoms with Crippen LogP contribution >= 0.6 is 0 Å². The molecule has 3 heteroatoms. The molecule has 0 amide bonds. The number of ether oxygens (including phenoxy) is 1. The summed E-state index contributed by atoms with van der Waals surface area (Å²) in [4.78, 5) is 0. The van der Waals surface area contributed by atoms with Crippen LogP contribution in [0.1, 0.15) is 19.8 Å². The van der Waals surface area contributed by atoms with E-state index < -0.39 is 0 Å². The molecule has 12 heavy (non-hydrogen) atoms. The number of hydrogen-bond acceptors (Lipinski definition) is 3. The molecule has 1 heterocycles. The molecule has 2 unspecified atom stereocenters. The van der Waals surface area contributed by atoms with E-state index in [1.165, 1.54) is 12.8 Å². The van der Waals surface area contributed by atoms with Crippen LogP contribution in [0.2, 0.25) is 0 Å². The van der Waals surface area contributed by atoms with Crippen LogP contribution in [-0.4, -0.2) is 31.3 Å². The summed E-state index contributed by atoms with van der Waals surface area (Å²) in [7, 11) is 0. The lowest BCUT2D eigenvalue weighted by Crippen LogP contribution is -2.40. The Balaban J connectivity index is 1.72. The molecule has 0 aromatic heterocycles. The van der Waals surface area contributed by atoms with E-state index in [9.17, 15) is 0 Å². The first-order valence-electron chi connectivity index (χ1n) is 4.78. The molecule has 1 aliphatic heterocycles. The van der Waals surface area contributed by atoms with Crippen LogP contribution in [0.4, 0.5) is 0 Å². The average Bonchev–Trinajstić information content (AvgIpc) is 2.61. The SMILES string of the molecule is CC1(NCC2COCC2N)CC1. The fourth-order valence-corrected chi connectivity index (χ4v) is 1.57. The maximum Gasteiger partial charge on any atom is 0.0621 e. The van der Waals surface area contributed by atoms with E-state index in [2.05, 4.69) is 12.2 Å². The van der Waals surface area contributed by atoms with Crippen molar-refractivity contribution in [1.82, 2.24) is 5.32 Å². The molecular formula is C9H18N2O. The molecule has 0 aromatic carbocycles. The van der Waals surface area contributed by atoms with E-state index >= 15 is 0 Å². The van der Waals surface area contributed by atoms with Gasteiger partial charge in [0, 0.05) is 24.0 Å². The Morgan fingerprint density at radius 2 is 2.25 bits per heavy atom. The summed E-state index contributed by atoms with van der Waals surface area (Å²) in [5.41, 5.74) is 6.30. The van der Waals surface area contributed by atoms with Gasteiger partial charge in [-0.2, -0.15) is 0 Å². The molecule has 2 fully saturated rings. The molecule has 0 bridgehead atoms. The van der Waals surface area contributed by atoms with Gasteiger partial charge in [0.1, 0.15) is 0 Å². The van der Waals surface area contributed by atoms with Gasteiger partial charge in [0.15, 0.2) is 0 Å². The zero-order valence-corrected chi connectivity index (χ0v) is 7.68. The number of rotatable bonds is 3. The van der Waals surface area contributed by atoms with Crippen molar-refractivity contribution in [3.63, 3.8) is 0 Å². The molecular weight excluding hydrogens is 152 g/mol. The minimum atomic E-state index is 0.250. The van der Waals surface area contributed by atoms with Gasteiger partial charge in [-0.05, 0) is 19.8 Å². The third kappa shape index (κ3) is 1.79. The van der Waals surface area contributed by atoms with Crippen molar-refractivity contribution in [2.24, 2.45) is 11.7 Å². The highest BCUT2D eigenvalue weighted by molar-refractivity contribution is 4.98. The zero-order valence-electron chi connectivity index (χ0n) is 7.68. The van der Waals surface area contributed by atoms with E-state index in [0.29, 0.717) is 11.5 Å². The second-order valence-corrected chi connectivity index (χ2v) is 4.40. The zero-order chi connectivity index (χ0) is 8.60. The van der Waals surface area contributed by atoms with Gasteiger partial charge in [-0.25, -0.2) is 0 Å². The minimum Gasteiger partial charge on any atom is -0.379 e. The van der Waals surface area contributed by atoms with E-state index in [0.717, 1.165) is 19.8 Å². The summed E-state index contributed by atoms with van der Waals surface area (Å²) < 4.78 is 5.29. The molecule has 0 aromatic rings. The molecule has 3 nitrogen and oxygen atoms in total. The van der Waals surface area contributed by atoms with Gasteiger partial charge < -0.3 is 15.8 Å². The van der Waals surface area contributed by atoms with E-state index in [1.54, 1.807) is 0 Å². The summed E-state index contributed by atoms with van der Waals surface area (Å²) in [5, 5.41) is 3.55. The van der Waals surface area contributed by atoms with Crippen LogP contribution < -0.4 is 11.1 Å². The third-order valence-corrected chi connectivity index (χ3v) is 3.04. The van der Waals surface area contributed by atoms with Crippen molar-refractivity contribution in [2.75, 3.05) is 19.8 Å². The Labute approximate surface area is 73.7 Å². The highest BCUT2D eigenvalue weighted by Gasteiger charge is 2.38. The van der Waals surface area contributed by atoms with Crippen molar-refractivity contribution in [3.8, 4) is 0 Å². The molecule has 2 aliphatic rings. The Morgan fingerprint density at radius 3 is 2.75 bits per heavy atom. The van der Waals surface area contributed by atoms with Crippen LogP contribution in [0.15, 0.2) is 0 Å². The van der Waals surface area contributed by atoms with Crippen molar-refractivity contribution in [2.45, 2.75) is 31.3 Å². The normalized spacial score (nSPS) is 38.5. The summed E-state index contributed by atoms with van der Waals surface area (Å²) in [6, 6.07) is 0.250. The minimum absolute atomic E-state index is 0.250. The largest absolute Gasteiger partial charge is 0.379 e. The molecule has 0 spiro atoms. The van der Waals surface area contributed by atoms with Gasteiger partial charge >= 0.3 is 0 Å². The summed E-state index contributed by atoms with van der Waals surface area (Å²) in [6.45, 7) is 4.87. The fraction of sp³-hybridized carbons (Fsp3) is 1.00. The molecule has 2 rings (SSSR count). The predicted octanol–water partition coefficient (Wildman–Crippen LogP) is 0.102. The number of hydrogen-bond donors (Lipinski definition) is 2. The summed E-state index contributed by atoms with van der Waals surface area (Å²) >= 11 is 0.